The van der Waals surface area contributed by atoms with Gasteiger partial charge in [0.2, 0.25) is 5.91 Å². The molecule has 7 heteroatoms. The van der Waals surface area contributed by atoms with E-state index in [0.717, 1.165) is 19.5 Å². The largest absolute Gasteiger partial charge is 0.352 e. The molecule has 0 bridgehead atoms. The Bertz CT molecular complexity index is 877. The second-order valence-electron chi connectivity index (χ2n) is 6.81. The van der Waals surface area contributed by atoms with Crippen LogP contribution in [0.25, 0.3) is 0 Å². The van der Waals surface area contributed by atoms with Crippen molar-refractivity contribution in [2.45, 2.75) is 32.0 Å². The molecule has 0 aliphatic carbocycles. The van der Waals surface area contributed by atoms with Crippen LogP contribution >= 0.6 is 11.3 Å². The van der Waals surface area contributed by atoms with Crippen LogP contribution < -0.4 is 5.32 Å². The molecule has 0 spiro atoms. The number of nitrogens with zero attached hydrogens (tertiary/aromatic N) is 4. The Kier molecular flexibility index (Phi) is 5.31. The van der Waals surface area contributed by atoms with Gasteiger partial charge < -0.3 is 5.32 Å². The van der Waals surface area contributed by atoms with Crippen molar-refractivity contribution >= 4 is 17.2 Å². The predicted octanol–water partition coefficient (Wildman–Crippen LogP) is 2.82. The standard InChI is InChI=1S/C20H23N5OS/c1-15(25-14-21-13-23-25)20(26)22-11-18(16-5-3-2-4-6-16)24-9-7-19-17(12-24)8-10-27-19/h2-6,8,10,13-15,18H,7,9,11-12H2,1H3,(H,22,26)/t15-,18-/m0/s1. The van der Waals surface area contributed by atoms with Gasteiger partial charge in [-0.1, -0.05) is 30.3 Å². The Labute approximate surface area is 162 Å². The number of carbonyl (C=O) groups excluding carboxylic acids is 1. The molecule has 140 valence electrons. The number of amides is 1. The van der Waals surface area contributed by atoms with Crippen LogP contribution in [0.3, 0.4) is 0 Å². The van der Waals surface area contributed by atoms with Crippen LogP contribution in [0.2, 0.25) is 0 Å². The molecule has 1 amide bonds. The summed E-state index contributed by atoms with van der Waals surface area (Å²) in [6.45, 7) is 4.33. The molecule has 3 heterocycles. The fourth-order valence-corrected chi connectivity index (χ4v) is 4.44. The maximum atomic E-state index is 12.6. The Balaban J connectivity index is 1.48. The lowest BCUT2D eigenvalue weighted by Crippen LogP contribution is -2.42. The Morgan fingerprint density at radius 3 is 2.93 bits per heavy atom. The van der Waals surface area contributed by atoms with Crippen LogP contribution in [0.1, 0.15) is 35.0 Å². The average molecular weight is 382 g/mol. The summed E-state index contributed by atoms with van der Waals surface area (Å²) in [4.78, 5) is 20.5. The number of rotatable bonds is 6. The highest BCUT2D eigenvalue weighted by atomic mass is 32.1. The van der Waals surface area contributed by atoms with E-state index in [-0.39, 0.29) is 18.0 Å². The number of carbonyl (C=O) groups is 1. The van der Waals surface area contributed by atoms with E-state index in [1.807, 2.05) is 24.3 Å². The van der Waals surface area contributed by atoms with Crippen molar-refractivity contribution < 1.29 is 4.79 Å². The van der Waals surface area contributed by atoms with Crippen LogP contribution in [-0.4, -0.2) is 38.7 Å². The first-order valence-electron chi connectivity index (χ1n) is 9.18. The number of hydrogen-bond donors (Lipinski definition) is 1. The Morgan fingerprint density at radius 2 is 2.15 bits per heavy atom. The molecule has 0 unspecified atom stereocenters. The molecule has 0 saturated heterocycles. The van der Waals surface area contributed by atoms with E-state index >= 15 is 0 Å². The molecular weight excluding hydrogens is 358 g/mol. The number of nitrogens with one attached hydrogen (secondary N) is 1. The molecule has 4 rings (SSSR count). The van der Waals surface area contributed by atoms with Crippen LogP contribution in [0.4, 0.5) is 0 Å². The number of hydrogen-bond acceptors (Lipinski definition) is 5. The zero-order chi connectivity index (χ0) is 18.6. The highest BCUT2D eigenvalue weighted by Gasteiger charge is 2.26. The van der Waals surface area contributed by atoms with Gasteiger partial charge in [0.15, 0.2) is 0 Å². The maximum absolute atomic E-state index is 12.6. The minimum absolute atomic E-state index is 0.0466. The van der Waals surface area contributed by atoms with E-state index in [1.165, 1.54) is 22.3 Å². The van der Waals surface area contributed by atoms with Gasteiger partial charge in [-0.05, 0) is 35.9 Å². The van der Waals surface area contributed by atoms with E-state index in [4.69, 9.17) is 0 Å². The molecule has 27 heavy (non-hydrogen) atoms. The molecule has 6 nitrogen and oxygen atoms in total. The van der Waals surface area contributed by atoms with Gasteiger partial charge in [-0.15, -0.1) is 11.3 Å². The predicted molar refractivity (Wildman–Crippen MR) is 105 cm³/mol. The lowest BCUT2D eigenvalue weighted by molar-refractivity contribution is -0.124. The number of benzene rings is 1. The van der Waals surface area contributed by atoms with Gasteiger partial charge in [-0.2, -0.15) is 5.10 Å². The third-order valence-electron chi connectivity index (χ3n) is 5.14. The van der Waals surface area contributed by atoms with Crippen molar-refractivity contribution in [2.24, 2.45) is 0 Å². The first-order valence-corrected chi connectivity index (χ1v) is 10.1. The first-order chi connectivity index (χ1) is 13.2. The molecule has 1 aromatic carbocycles. The first kappa shape index (κ1) is 17.9. The molecule has 2 aromatic heterocycles. The van der Waals surface area contributed by atoms with E-state index in [0.29, 0.717) is 6.54 Å². The lowest BCUT2D eigenvalue weighted by Gasteiger charge is -2.35. The van der Waals surface area contributed by atoms with Crippen molar-refractivity contribution in [2.75, 3.05) is 13.1 Å². The molecular formula is C20H23N5OS. The second-order valence-corrected chi connectivity index (χ2v) is 7.81. The van der Waals surface area contributed by atoms with Crippen LogP contribution in [0.5, 0.6) is 0 Å². The van der Waals surface area contributed by atoms with Crippen molar-refractivity contribution in [1.82, 2.24) is 25.0 Å². The van der Waals surface area contributed by atoms with Crippen LogP contribution in [-0.2, 0) is 17.8 Å². The van der Waals surface area contributed by atoms with E-state index in [1.54, 1.807) is 11.0 Å². The number of aromatic nitrogens is 3. The van der Waals surface area contributed by atoms with Gasteiger partial charge in [-0.3, -0.25) is 9.69 Å². The topological polar surface area (TPSA) is 63.1 Å². The van der Waals surface area contributed by atoms with Crippen molar-refractivity contribution in [3.05, 3.63) is 70.4 Å². The maximum Gasteiger partial charge on any atom is 0.244 e. The van der Waals surface area contributed by atoms with Gasteiger partial charge >= 0.3 is 0 Å². The van der Waals surface area contributed by atoms with Crippen molar-refractivity contribution in [1.29, 1.82) is 0 Å². The zero-order valence-electron chi connectivity index (χ0n) is 15.3. The van der Waals surface area contributed by atoms with Gasteiger partial charge in [0.1, 0.15) is 18.7 Å². The SMILES string of the molecule is C[C@@H](C(=O)NC[C@@H](c1ccccc1)N1CCc2sccc2C1)n1cncn1. The Hall–Kier alpha value is -2.51. The lowest BCUT2D eigenvalue weighted by atomic mass is 10.0. The minimum atomic E-state index is -0.381. The molecule has 1 aliphatic rings. The van der Waals surface area contributed by atoms with Gasteiger partial charge in [-0.25, -0.2) is 9.67 Å². The smallest absolute Gasteiger partial charge is 0.244 e. The average Bonchev–Trinajstić information content (AvgIpc) is 3.39. The summed E-state index contributed by atoms with van der Waals surface area (Å²) in [5, 5.41) is 9.36. The molecule has 2 atom stereocenters. The minimum Gasteiger partial charge on any atom is -0.352 e. The highest BCUT2D eigenvalue weighted by molar-refractivity contribution is 7.10. The molecule has 3 aromatic rings. The monoisotopic (exact) mass is 381 g/mol. The number of fused-ring (bicyclic) bond motifs is 1. The summed E-state index contributed by atoms with van der Waals surface area (Å²) in [7, 11) is 0. The third-order valence-corrected chi connectivity index (χ3v) is 6.17. The third kappa shape index (κ3) is 3.94. The zero-order valence-corrected chi connectivity index (χ0v) is 16.1. The fourth-order valence-electron chi connectivity index (χ4n) is 3.55. The molecule has 1 N–H and O–H groups in total. The summed E-state index contributed by atoms with van der Waals surface area (Å²) < 4.78 is 1.57. The van der Waals surface area contributed by atoms with E-state index < -0.39 is 0 Å². The second kappa shape index (κ2) is 8.02. The van der Waals surface area contributed by atoms with Gasteiger partial charge in [0.25, 0.3) is 0 Å². The number of thiophene rings is 1. The summed E-state index contributed by atoms with van der Waals surface area (Å²) in [5.74, 6) is -0.0466. The Morgan fingerprint density at radius 1 is 1.30 bits per heavy atom. The van der Waals surface area contributed by atoms with Crippen molar-refractivity contribution in [3.8, 4) is 0 Å². The fraction of sp³-hybridized carbons (Fsp3) is 0.350. The molecule has 0 saturated carbocycles. The summed E-state index contributed by atoms with van der Waals surface area (Å²) in [5.41, 5.74) is 2.64. The molecule has 0 radical (unpaired) electrons. The van der Waals surface area contributed by atoms with Crippen LogP contribution in [0.15, 0.2) is 54.4 Å². The van der Waals surface area contributed by atoms with E-state index in [9.17, 15) is 4.79 Å². The van der Waals surface area contributed by atoms with Crippen LogP contribution in [0, 0.1) is 0 Å². The summed E-state index contributed by atoms with van der Waals surface area (Å²) >= 11 is 1.84. The van der Waals surface area contributed by atoms with E-state index in [2.05, 4.69) is 56.0 Å². The summed E-state index contributed by atoms with van der Waals surface area (Å²) in [6.07, 6.45) is 4.09. The van der Waals surface area contributed by atoms with Gasteiger partial charge in [0, 0.05) is 24.5 Å². The van der Waals surface area contributed by atoms with Crippen molar-refractivity contribution in [3.63, 3.8) is 0 Å². The normalized spacial score (nSPS) is 16.5. The molecule has 1 aliphatic heterocycles. The summed E-state index contributed by atoms with van der Waals surface area (Å²) in [6, 6.07) is 12.4. The molecule has 0 fully saturated rings. The van der Waals surface area contributed by atoms with Gasteiger partial charge in [0.05, 0.1) is 6.04 Å². The quantitative estimate of drug-likeness (QED) is 0.713. The highest BCUT2D eigenvalue weighted by Crippen LogP contribution is 2.30.